The molecule has 1 aliphatic carbocycles. The zero-order valence-electron chi connectivity index (χ0n) is 17.6. The molecule has 0 aliphatic heterocycles. The summed E-state index contributed by atoms with van der Waals surface area (Å²) in [6, 6.07) is 10.8. The predicted octanol–water partition coefficient (Wildman–Crippen LogP) is 4.51. The lowest BCUT2D eigenvalue weighted by atomic mass is 9.83. The van der Waals surface area contributed by atoms with E-state index in [2.05, 4.69) is 16.4 Å². The summed E-state index contributed by atoms with van der Waals surface area (Å²) in [5.41, 5.74) is -0.587. The van der Waals surface area contributed by atoms with Gasteiger partial charge in [0.1, 0.15) is 11.3 Å². The fourth-order valence-electron chi connectivity index (χ4n) is 3.93. The Labute approximate surface area is 194 Å². The third kappa shape index (κ3) is 4.69. The molecule has 2 aromatic heterocycles. The van der Waals surface area contributed by atoms with Crippen molar-refractivity contribution in [1.29, 1.82) is 5.26 Å². The number of aromatic nitrogens is 2. The van der Waals surface area contributed by atoms with Crippen LogP contribution in [-0.2, 0) is 11.3 Å². The zero-order chi connectivity index (χ0) is 22.7. The van der Waals surface area contributed by atoms with Gasteiger partial charge in [0.15, 0.2) is 5.16 Å². The van der Waals surface area contributed by atoms with Crippen molar-refractivity contribution in [2.45, 2.75) is 61.5 Å². The lowest BCUT2D eigenvalue weighted by Gasteiger charge is -2.32. The summed E-state index contributed by atoms with van der Waals surface area (Å²) in [6.07, 6.45) is 5.77. The number of nitriles is 1. The van der Waals surface area contributed by atoms with Crippen LogP contribution in [0.25, 0.3) is 10.9 Å². The lowest BCUT2D eigenvalue weighted by Crippen LogP contribution is -2.51. The van der Waals surface area contributed by atoms with Crippen molar-refractivity contribution >= 4 is 40.2 Å². The molecular weight excluding hydrogens is 448 g/mol. The van der Waals surface area contributed by atoms with Gasteiger partial charge in [-0.15, -0.1) is 0 Å². The standard InChI is InChI=1S/C23H23ClN4O3S/c1-15(20(29)27-23(14-25)9-3-2-4-10-23)32-22-26-19-12-16(24)7-8-18(19)21(30)28(22)13-17-6-5-11-31-17/h5-8,11-12,15H,2-4,9-10,13H2,1H3,(H,27,29). The van der Waals surface area contributed by atoms with Crippen molar-refractivity contribution in [2.75, 3.05) is 0 Å². The van der Waals surface area contributed by atoms with E-state index >= 15 is 0 Å². The van der Waals surface area contributed by atoms with E-state index in [1.165, 1.54) is 16.3 Å². The normalized spacial score (nSPS) is 16.4. The lowest BCUT2D eigenvalue weighted by molar-refractivity contribution is -0.121. The Morgan fingerprint density at radius 2 is 2.16 bits per heavy atom. The number of rotatable bonds is 6. The van der Waals surface area contributed by atoms with Crippen LogP contribution in [0.15, 0.2) is 51.0 Å². The molecule has 1 aliphatic rings. The quantitative estimate of drug-likeness (QED) is 0.420. The number of nitrogens with zero attached hydrogens (tertiary/aromatic N) is 3. The summed E-state index contributed by atoms with van der Waals surface area (Å²) in [6.45, 7) is 1.94. The number of carbonyl (C=O) groups excluding carboxylic acids is 1. The molecule has 7 nitrogen and oxygen atoms in total. The second-order valence-electron chi connectivity index (χ2n) is 8.03. The molecule has 0 spiro atoms. The second kappa shape index (κ2) is 9.39. The van der Waals surface area contributed by atoms with Gasteiger partial charge in [0.05, 0.1) is 35.0 Å². The molecule has 0 saturated heterocycles. The fourth-order valence-corrected chi connectivity index (χ4v) is 5.01. The van der Waals surface area contributed by atoms with Crippen molar-refractivity contribution in [2.24, 2.45) is 0 Å². The van der Waals surface area contributed by atoms with Crippen molar-refractivity contribution in [3.8, 4) is 6.07 Å². The molecule has 0 radical (unpaired) electrons. The number of nitrogens with one attached hydrogen (secondary N) is 1. The Kier molecular flexibility index (Phi) is 6.58. The number of fused-ring (bicyclic) bond motifs is 1. The minimum atomic E-state index is -0.817. The minimum Gasteiger partial charge on any atom is -0.467 e. The molecule has 1 aromatic carbocycles. The van der Waals surface area contributed by atoms with Crippen LogP contribution in [-0.4, -0.2) is 26.2 Å². The number of furan rings is 1. The summed E-state index contributed by atoms with van der Waals surface area (Å²) < 4.78 is 6.93. The first kappa shape index (κ1) is 22.4. The minimum absolute atomic E-state index is 0.191. The summed E-state index contributed by atoms with van der Waals surface area (Å²) >= 11 is 7.29. The Morgan fingerprint density at radius 3 is 2.84 bits per heavy atom. The van der Waals surface area contributed by atoms with Crippen LogP contribution >= 0.6 is 23.4 Å². The number of benzene rings is 1. The summed E-state index contributed by atoms with van der Waals surface area (Å²) in [5.74, 6) is 0.357. The molecule has 3 aromatic rings. The molecule has 1 unspecified atom stereocenters. The van der Waals surface area contributed by atoms with Crippen LogP contribution in [0.5, 0.6) is 0 Å². The van der Waals surface area contributed by atoms with E-state index in [0.29, 0.717) is 39.7 Å². The van der Waals surface area contributed by atoms with Crippen LogP contribution in [0.1, 0.15) is 44.8 Å². The van der Waals surface area contributed by atoms with Crippen LogP contribution in [0, 0.1) is 11.3 Å². The van der Waals surface area contributed by atoms with Crippen molar-refractivity contribution in [1.82, 2.24) is 14.9 Å². The molecule has 1 atom stereocenters. The van der Waals surface area contributed by atoms with Crippen molar-refractivity contribution < 1.29 is 9.21 Å². The van der Waals surface area contributed by atoms with Crippen molar-refractivity contribution in [3.05, 3.63) is 57.7 Å². The molecule has 0 bridgehead atoms. The highest BCUT2D eigenvalue weighted by Crippen LogP contribution is 2.29. The van der Waals surface area contributed by atoms with Crippen LogP contribution in [0.2, 0.25) is 5.02 Å². The van der Waals surface area contributed by atoms with Crippen molar-refractivity contribution in [3.63, 3.8) is 0 Å². The molecule has 166 valence electrons. The maximum Gasteiger partial charge on any atom is 0.262 e. The highest BCUT2D eigenvalue weighted by Gasteiger charge is 2.35. The van der Waals surface area contributed by atoms with Gasteiger partial charge in [0.2, 0.25) is 5.91 Å². The number of hydrogen-bond acceptors (Lipinski definition) is 6. The molecule has 32 heavy (non-hydrogen) atoms. The smallest absolute Gasteiger partial charge is 0.262 e. The van der Waals surface area contributed by atoms with E-state index in [1.54, 1.807) is 43.5 Å². The Morgan fingerprint density at radius 1 is 1.38 bits per heavy atom. The number of carbonyl (C=O) groups is 1. The highest BCUT2D eigenvalue weighted by atomic mass is 35.5. The predicted molar refractivity (Wildman–Crippen MR) is 124 cm³/mol. The molecule has 2 heterocycles. The first-order valence-corrected chi connectivity index (χ1v) is 11.8. The van der Waals surface area contributed by atoms with Gasteiger partial charge >= 0.3 is 0 Å². The SMILES string of the molecule is CC(Sc1nc2cc(Cl)ccc2c(=O)n1Cc1ccco1)C(=O)NC1(C#N)CCCCC1. The third-order valence-electron chi connectivity index (χ3n) is 5.71. The number of hydrogen-bond donors (Lipinski definition) is 1. The molecule has 1 fully saturated rings. The maximum absolute atomic E-state index is 13.2. The largest absolute Gasteiger partial charge is 0.467 e. The average molecular weight is 471 g/mol. The third-order valence-corrected chi connectivity index (χ3v) is 7.04. The molecule has 1 amide bonds. The fraction of sp³-hybridized carbons (Fsp3) is 0.391. The van der Waals surface area contributed by atoms with Gasteiger partial charge < -0.3 is 9.73 Å². The van der Waals surface area contributed by atoms with Gasteiger partial charge in [-0.3, -0.25) is 14.2 Å². The Hall–Kier alpha value is -2.76. The van der Waals surface area contributed by atoms with Gasteiger partial charge in [-0.2, -0.15) is 5.26 Å². The summed E-state index contributed by atoms with van der Waals surface area (Å²) in [5, 5.41) is 13.4. The molecule has 9 heteroatoms. The van der Waals surface area contributed by atoms with Gasteiger partial charge in [-0.1, -0.05) is 42.6 Å². The topological polar surface area (TPSA) is 101 Å². The van der Waals surface area contributed by atoms with E-state index in [1.807, 2.05) is 0 Å². The van der Waals surface area contributed by atoms with E-state index < -0.39 is 10.8 Å². The number of halogens is 1. The summed E-state index contributed by atoms with van der Waals surface area (Å²) in [4.78, 5) is 30.8. The highest BCUT2D eigenvalue weighted by molar-refractivity contribution is 8.00. The second-order valence-corrected chi connectivity index (χ2v) is 9.77. The van der Waals surface area contributed by atoms with Gasteiger partial charge in [0, 0.05) is 5.02 Å². The maximum atomic E-state index is 13.2. The first-order valence-electron chi connectivity index (χ1n) is 10.5. The summed E-state index contributed by atoms with van der Waals surface area (Å²) in [7, 11) is 0. The Balaban J connectivity index is 1.65. The van der Waals surface area contributed by atoms with E-state index in [4.69, 9.17) is 16.0 Å². The van der Waals surface area contributed by atoms with E-state index in [-0.39, 0.29) is 18.0 Å². The molecule has 4 rings (SSSR count). The van der Waals surface area contributed by atoms with Crippen LogP contribution in [0.4, 0.5) is 0 Å². The van der Waals surface area contributed by atoms with Gasteiger partial charge in [-0.05, 0) is 50.1 Å². The molecule has 1 N–H and O–H groups in total. The Bertz CT molecular complexity index is 1230. The first-order chi connectivity index (χ1) is 15.4. The number of amides is 1. The van der Waals surface area contributed by atoms with Gasteiger partial charge in [-0.25, -0.2) is 4.98 Å². The number of thioether (sulfide) groups is 1. The van der Waals surface area contributed by atoms with E-state index in [9.17, 15) is 14.9 Å². The molecular formula is C23H23ClN4O3S. The average Bonchev–Trinajstić information content (AvgIpc) is 3.30. The zero-order valence-corrected chi connectivity index (χ0v) is 19.2. The van der Waals surface area contributed by atoms with Crippen LogP contribution < -0.4 is 10.9 Å². The monoisotopic (exact) mass is 470 g/mol. The van der Waals surface area contributed by atoms with Crippen LogP contribution in [0.3, 0.4) is 0 Å². The molecule has 1 saturated carbocycles. The van der Waals surface area contributed by atoms with Gasteiger partial charge in [0.25, 0.3) is 5.56 Å². The van der Waals surface area contributed by atoms with E-state index in [0.717, 1.165) is 19.3 Å².